The molecule has 0 aliphatic rings. The van der Waals surface area contributed by atoms with Gasteiger partial charge in [-0.15, -0.1) is 11.3 Å². The number of fused-ring (bicyclic) bond motifs is 1. The van der Waals surface area contributed by atoms with Crippen LogP contribution in [0, 0.1) is 13.8 Å². The van der Waals surface area contributed by atoms with Crippen LogP contribution in [0.4, 0.5) is 0 Å². The van der Waals surface area contributed by atoms with Gasteiger partial charge < -0.3 is 9.73 Å². The maximum Gasteiger partial charge on any atom is 0.134 e. The smallest absolute Gasteiger partial charge is 0.134 e. The third-order valence-electron chi connectivity index (χ3n) is 3.80. The van der Waals surface area contributed by atoms with Crippen molar-refractivity contribution in [1.29, 1.82) is 0 Å². The molecule has 3 rings (SSSR count). The Morgan fingerprint density at radius 3 is 2.67 bits per heavy atom. The highest BCUT2D eigenvalue weighted by atomic mass is 32.1. The minimum absolute atomic E-state index is 0.148. The van der Waals surface area contributed by atoms with E-state index in [1.807, 2.05) is 23.5 Å². The van der Waals surface area contributed by atoms with Crippen molar-refractivity contribution in [2.45, 2.75) is 33.2 Å². The monoisotopic (exact) mass is 299 g/mol. The molecule has 3 heteroatoms. The Labute approximate surface area is 129 Å². The Hall–Kier alpha value is -1.58. The molecule has 2 aromatic heterocycles. The highest BCUT2D eigenvalue weighted by molar-refractivity contribution is 7.12. The number of rotatable bonds is 5. The van der Waals surface area contributed by atoms with Crippen LogP contribution in [0.5, 0.6) is 0 Å². The summed E-state index contributed by atoms with van der Waals surface area (Å²) in [5.74, 6) is 1.01. The van der Waals surface area contributed by atoms with Gasteiger partial charge in [0.05, 0.1) is 0 Å². The number of thiophene rings is 1. The number of aryl methyl sites for hydroxylation is 2. The van der Waals surface area contributed by atoms with E-state index in [1.165, 1.54) is 20.7 Å². The maximum absolute atomic E-state index is 6.07. The summed E-state index contributed by atoms with van der Waals surface area (Å²) in [7, 11) is 0. The predicted octanol–water partition coefficient (Wildman–Crippen LogP) is 5.20. The molecular weight excluding hydrogens is 278 g/mol. The summed E-state index contributed by atoms with van der Waals surface area (Å²) >= 11 is 1.86. The molecule has 1 atom stereocenters. The number of furan rings is 1. The van der Waals surface area contributed by atoms with Crippen molar-refractivity contribution in [1.82, 2.24) is 5.32 Å². The first-order valence-electron chi connectivity index (χ1n) is 7.48. The standard InChI is InChI=1S/C18H21NOS/c1-4-9-19-18(17-10-12(2)13(3)21-17)16-11-14-7-5-6-8-15(14)20-16/h5-8,10-11,18-19H,4,9H2,1-3H3. The Morgan fingerprint density at radius 1 is 1.19 bits per heavy atom. The van der Waals surface area contributed by atoms with E-state index in [0.717, 1.165) is 24.3 Å². The lowest BCUT2D eigenvalue weighted by Crippen LogP contribution is -2.21. The summed E-state index contributed by atoms with van der Waals surface area (Å²) in [5, 5.41) is 4.79. The quantitative estimate of drug-likeness (QED) is 0.700. The Bertz CT molecular complexity index is 688. The fourth-order valence-corrected chi connectivity index (χ4v) is 3.65. The van der Waals surface area contributed by atoms with E-state index in [-0.39, 0.29) is 6.04 Å². The second-order valence-electron chi connectivity index (χ2n) is 5.46. The molecule has 2 nitrogen and oxygen atoms in total. The molecule has 21 heavy (non-hydrogen) atoms. The van der Waals surface area contributed by atoms with Gasteiger partial charge in [0.25, 0.3) is 0 Å². The number of para-hydroxylation sites is 1. The first-order valence-corrected chi connectivity index (χ1v) is 8.29. The van der Waals surface area contributed by atoms with Crippen LogP contribution in [-0.4, -0.2) is 6.54 Å². The van der Waals surface area contributed by atoms with Crippen molar-refractivity contribution in [3.05, 3.63) is 57.5 Å². The van der Waals surface area contributed by atoms with Crippen molar-refractivity contribution < 1.29 is 4.42 Å². The van der Waals surface area contributed by atoms with Gasteiger partial charge in [0.15, 0.2) is 0 Å². The number of hydrogen-bond acceptors (Lipinski definition) is 3. The Morgan fingerprint density at radius 2 is 2.00 bits per heavy atom. The van der Waals surface area contributed by atoms with Crippen LogP contribution < -0.4 is 5.32 Å². The van der Waals surface area contributed by atoms with E-state index >= 15 is 0 Å². The molecule has 1 aromatic carbocycles. The molecular formula is C18H21NOS. The average molecular weight is 299 g/mol. The normalized spacial score (nSPS) is 12.9. The van der Waals surface area contributed by atoms with Crippen LogP contribution in [-0.2, 0) is 0 Å². The summed E-state index contributed by atoms with van der Waals surface area (Å²) < 4.78 is 6.07. The van der Waals surface area contributed by atoms with Crippen molar-refractivity contribution in [2.24, 2.45) is 0 Å². The molecule has 0 saturated carbocycles. The lowest BCUT2D eigenvalue weighted by molar-refractivity contribution is 0.473. The van der Waals surface area contributed by atoms with Gasteiger partial charge in [-0.3, -0.25) is 0 Å². The zero-order valence-electron chi connectivity index (χ0n) is 12.8. The van der Waals surface area contributed by atoms with E-state index in [2.05, 4.69) is 50.4 Å². The first kappa shape index (κ1) is 14.4. The molecule has 2 heterocycles. The van der Waals surface area contributed by atoms with Gasteiger partial charge in [-0.1, -0.05) is 25.1 Å². The van der Waals surface area contributed by atoms with Gasteiger partial charge >= 0.3 is 0 Å². The molecule has 0 saturated heterocycles. The molecule has 1 unspecified atom stereocenters. The zero-order chi connectivity index (χ0) is 14.8. The molecule has 1 N–H and O–H groups in total. The average Bonchev–Trinajstić information content (AvgIpc) is 3.04. The third-order valence-corrected chi connectivity index (χ3v) is 5.01. The first-order chi connectivity index (χ1) is 10.2. The van der Waals surface area contributed by atoms with E-state index in [9.17, 15) is 0 Å². The molecule has 0 radical (unpaired) electrons. The summed E-state index contributed by atoms with van der Waals surface area (Å²) in [6, 6.07) is 12.8. The minimum atomic E-state index is 0.148. The number of benzene rings is 1. The fraction of sp³-hybridized carbons (Fsp3) is 0.333. The summed E-state index contributed by atoms with van der Waals surface area (Å²) in [6.07, 6.45) is 1.11. The van der Waals surface area contributed by atoms with E-state index in [0.29, 0.717) is 0 Å². The van der Waals surface area contributed by atoms with Gasteiger partial charge in [-0.05, 0) is 50.6 Å². The largest absolute Gasteiger partial charge is 0.459 e. The molecule has 0 amide bonds. The van der Waals surface area contributed by atoms with Crippen LogP contribution in [0.2, 0.25) is 0 Å². The highest BCUT2D eigenvalue weighted by Crippen LogP contribution is 2.33. The molecule has 110 valence electrons. The highest BCUT2D eigenvalue weighted by Gasteiger charge is 2.20. The molecule has 0 bridgehead atoms. The van der Waals surface area contributed by atoms with Gasteiger partial charge in [-0.25, -0.2) is 0 Å². The second kappa shape index (κ2) is 6.04. The van der Waals surface area contributed by atoms with Crippen molar-refractivity contribution in [2.75, 3.05) is 6.54 Å². The van der Waals surface area contributed by atoms with Crippen molar-refractivity contribution in [3.8, 4) is 0 Å². The topological polar surface area (TPSA) is 25.2 Å². The molecule has 0 spiro atoms. The minimum Gasteiger partial charge on any atom is -0.459 e. The predicted molar refractivity (Wildman–Crippen MR) is 90.1 cm³/mol. The van der Waals surface area contributed by atoms with Crippen LogP contribution in [0.15, 0.2) is 40.8 Å². The van der Waals surface area contributed by atoms with E-state index < -0.39 is 0 Å². The number of nitrogens with one attached hydrogen (secondary N) is 1. The zero-order valence-corrected chi connectivity index (χ0v) is 13.6. The lowest BCUT2D eigenvalue weighted by Gasteiger charge is -2.14. The molecule has 3 aromatic rings. The van der Waals surface area contributed by atoms with Crippen molar-refractivity contribution >= 4 is 22.3 Å². The molecule has 0 aliphatic carbocycles. The van der Waals surface area contributed by atoms with E-state index in [1.54, 1.807) is 0 Å². The van der Waals surface area contributed by atoms with Gasteiger partial charge in [0.2, 0.25) is 0 Å². The van der Waals surface area contributed by atoms with Gasteiger partial charge in [-0.2, -0.15) is 0 Å². The third kappa shape index (κ3) is 2.89. The van der Waals surface area contributed by atoms with Crippen LogP contribution in [0.3, 0.4) is 0 Å². The lowest BCUT2D eigenvalue weighted by atomic mass is 10.1. The fourth-order valence-electron chi connectivity index (χ4n) is 2.52. The molecule has 0 fully saturated rings. The summed E-state index contributed by atoms with van der Waals surface area (Å²) in [5.41, 5.74) is 2.32. The number of hydrogen-bond donors (Lipinski definition) is 1. The Balaban J connectivity index is 2.01. The van der Waals surface area contributed by atoms with Crippen LogP contribution >= 0.6 is 11.3 Å². The summed E-state index contributed by atoms with van der Waals surface area (Å²) in [4.78, 5) is 2.71. The second-order valence-corrected chi connectivity index (χ2v) is 6.75. The van der Waals surface area contributed by atoms with Crippen LogP contribution in [0.25, 0.3) is 11.0 Å². The van der Waals surface area contributed by atoms with Gasteiger partial charge in [0.1, 0.15) is 17.4 Å². The van der Waals surface area contributed by atoms with E-state index in [4.69, 9.17) is 4.42 Å². The maximum atomic E-state index is 6.07. The summed E-state index contributed by atoms with van der Waals surface area (Å²) in [6.45, 7) is 7.52. The SMILES string of the molecule is CCCNC(c1cc2ccccc2o1)c1cc(C)c(C)s1. The van der Waals surface area contributed by atoms with Gasteiger partial charge in [0, 0.05) is 15.1 Å². The van der Waals surface area contributed by atoms with Crippen molar-refractivity contribution in [3.63, 3.8) is 0 Å². The van der Waals surface area contributed by atoms with Crippen LogP contribution in [0.1, 0.15) is 40.5 Å². The molecule has 0 aliphatic heterocycles. The Kier molecular flexibility index (Phi) is 4.13.